The van der Waals surface area contributed by atoms with E-state index in [1.807, 2.05) is 0 Å². The van der Waals surface area contributed by atoms with E-state index in [4.69, 9.17) is 4.74 Å². The summed E-state index contributed by atoms with van der Waals surface area (Å²) in [6.07, 6.45) is 0. The number of anilines is 1. The number of ether oxygens (including phenoxy) is 1. The van der Waals surface area contributed by atoms with Crippen molar-refractivity contribution in [2.24, 2.45) is 0 Å². The first-order valence-electron chi connectivity index (χ1n) is 6.45. The summed E-state index contributed by atoms with van der Waals surface area (Å²) in [4.78, 5) is 35.6. The second kappa shape index (κ2) is 6.34. The van der Waals surface area contributed by atoms with Gasteiger partial charge in [0.05, 0.1) is 11.5 Å². The number of carbonyl (C=O) groups excluding carboxylic acids is 2. The summed E-state index contributed by atoms with van der Waals surface area (Å²) < 4.78 is 4.70. The molecule has 1 amide bonds. The zero-order valence-electron chi connectivity index (χ0n) is 12.5. The largest absolute Gasteiger partial charge is 0.459 e. The normalized spacial score (nSPS) is 10.9. The minimum Gasteiger partial charge on any atom is -0.459 e. The molecular weight excluding hydrogens is 276 g/mol. The van der Waals surface area contributed by atoms with Crippen LogP contribution in [0.4, 0.5) is 11.4 Å². The molecule has 0 unspecified atom stereocenters. The fourth-order valence-corrected chi connectivity index (χ4v) is 1.87. The molecule has 0 aliphatic heterocycles. The molecule has 0 aromatic heterocycles. The van der Waals surface area contributed by atoms with Gasteiger partial charge < -0.3 is 4.74 Å². The van der Waals surface area contributed by atoms with Crippen molar-refractivity contribution in [2.75, 3.05) is 11.5 Å². The summed E-state index contributed by atoms with van der Waals surface area (Å²) in [5.41, 5.74) is -1.01. The Hall–Kier alpha value is -2.44. The number of hydrogen-bond acceptors (Lipinski definition) is 5. The van der Waals surface area contributed by atoms with Crippen molar-refractivity contribution < 1.29 is 19.2 Å². The van der Waals surface area contributed by atoms with Gasteiger partial charge in [0.15, 0.2) is 0 Å². The van der Waals surface area contributed by atoms with E-state index < -0.39 is 22.3 Å². The molecule has 1 aromatic rings. The first-order chi connectivity index (χ1) is 9.70. The molecule has 0 aliphatic rings. The Bertz CT molecular complexity index is 563. The number of esters is 1. The molecule has 21 heavy (non-hydrogen) atoms. The summed E-state index contributed by atoms with van der Waals surface area (Å²) >= 11 is 0. The van der Waals surface area contributed by atoms with E-state index in [0.717, 1.165) is 4.90 Å². The summed E-state index contributed by atoms with van der Waals surface area (Å²) in [7, 11) is 0. The first-order valence-corrected chi connectivity index (χ1v) is 6.45. The van der Waals surface area contributed by atoms with Crippen LogP contribution in [-0.4, -0.2) is 28.9 Å². The third-order valence-corrected chi connectivity index (χ3v) is 2.64. The summed E-state index contributed by atoms with van der Waals surface area (Å²) in [5.74, 6) is -1.97. The van der Waals surface area contributed by atoms with Crippen molar-refractivity contribution in [3.8, 4) is 0 Å². The standard InChI is InChI=1S/C14H18N2O5/c1-5-21-13(18)12(17)15(14(2,3)4)10-8-6-7-9-11(10)16(19)20/h6-9H,5H2,1-4H3. The zero-order valence-corrected chi connectivity index (χ0v) is 12.5. The zero-order chi connectivity index (χ0) is 16.2. The Labute approximate surface area is 122 Å². The smallest absolute Gasteiger partial charge is 0.397 e. The lowest BCUT2D eigenvalue weighted by Gasteiger charge is -2.34. The Kier molecular flexibility index (Phi) is 5.02. The van der Waals surface area contributed by atoms with Gasteiger partial charge in [0, 0.05) is 11.6 Å². The molecule has 114 valence electrons. The van der Waals surface area contributed by atoms with Gasteiger partial charge in [-0.05, 0) is 33.8 Å². The third-order valence-electron chi connectivity index (χ3n) is 2.64. The van der Waals surface area contributed by atoms with E-state index in [1.54, 1.807) is 33.8 Å². The van der Waals surface area contributed by atoms with Gasteiger partial charge in [0.25, 0.3) is 5.69 Å². The minimum absolute atomic E-state index is 0.0550. The maximum absolute atomic E-state index is 12.3. The van der Waals surface area contributed by atoms with Crippen LogP contribution < -0.4 is 4.90 Å². The lowest BCUT2D eigenvalue weighted by molar-refractivity contribution is -0.384. The van der Waals surface area contributed by atoms with Gasteiger partial charge in [-0.3, -0.25) is 19.8 Å². The number of carbonyl (C=O) groups is 2. The average Bonchev–Trinajstić information content (AvgIpc) is 2.37. The Morgan fingerprint density at radius 3 is 2.33 bits per heavy atom. The number of nitro groups is 1. The van der Waals surface area contributed by atoms with E-state index in [1.165, 1.54) is 18.2 Å². The van der Waals surface area contributed by atoms with Crippen LogP contribution in [0.15, 0.2) is 24.3 Å². The highest BCUT2D eigenvalue weighted by Crippen LogP contribution is 2.32. The number of nitro benzene ring substituents is 1. The average molecular weight is 294 g/mol. The Morgan fingerprint density at radius 1 is 1.29 bits per heavy atom. The number of rotatable bonds is 3. The maximum atomic E-state index is 12.3. The molecule has 0 N–H and O–H groups in total. The molecule has 0 spiro atoms. The summed E-state index contributed by atoms with van der Waals surface area (Å²) in [6, 6.07) is 5.78. The molecule has 1 aromatic carbocycles. The highest BCUT2D eigenvalue weighted by Gasteiger charge is 2.36. The van der Waals surface area contributed by atoms with Gasteiger partial charge >= 0.3 is 11.9 Å². The molecule has 7 heteroatoms. The van der Waals surface area contributed by atoms with Gasteiger partial charge in [0.2, 0.25) is 0 Å². The Morgan fingerprint density at radius 2 is 1.86 bits per heavy atom. The summed E-state index contributed by atoms with van der Waals surface area (Å²) in [5, 5.41) is 11.1. The molecule has 1 rings (SSSR count). The van der Waals surface area contributed by atoms with Gasteiger partial charge in [-0.15, -0.1) is 0 Å². The molecule has 0 heterocycles. The van der Waals surface area contributed by atoms with Gasteiger partial charge in [0.1, 0.15) is 5.69 Å². The molecule has 0 bridgehead atoms. The van der Waals surface area contributed by atoms with E-state index in [2.05, 4.69) is 0 Å². The Balaban J connectivity index is 3.38. The molecule has 0 saturated heterocycles. The highest BCUT2D eigenvalue weighted by molar-refractivity contribution is 6.38. The van der Waals surface area contributed by atoms with Gasteiger partial charge in [-0.2, -0.15) is 0 Å². The van der Waals surface area contributed by atoms with Crippen LogP contribution in [0.3, 0.4) is 0 Å². The molecule has 0 radical (unpaired) electrons. The van der Waals surface area contributed by atoms with Crippen molar-refractivity contribution in [3.05, 3.63) is 34.4 Å². The molecule has 0 aliphatic carbocycles. The summed E-state index contributed by atoms with van der Waals surface area (Å²) in [6.45, 7) is 6.68. The second-order valence-corrected chi connectivity index (χ2v) is 5.28. The van der Waals surface area contributed by atoms with Crippen LogP contribution in [0.25, 0.3) is 0 Å². The number of para-hydroxylation sites is 2. The SMILES string of the molecule is CCOC(=O)C(=O)N(c1ccccc1[N+](=O)[O-])C(C)(C)C. The maximum Gasteiger partial charge on any atom is 0.397 e. The third kappa shape index (κ3) is 3.77. The molecule has 0 fully saturated rings. The van der Waals surface area contributed by atoms with Crippen LogP contribution in [0.5, 0.6) is 0 Å². The van der Waals surface area contributed by atoms with E-state index in [9.17, 15) is 19.7 Å². The number of nitrogens with zero attached hydrogens (tertiary/aromatic N) is 2. The fraction of sp³-hybridized carbons (Fsp3) is 0.429. The topological polar surface area (TPSA) is 89.8 Å². The van der Waals surface area contributed by atoms with Crippen molar-refractivity contribution in [1.82, 2.24) is 0 Å². The quantitative estimate of drug-likeness (QED) is 0.369. The molecule has 7 nitrogen and oxygen atoms in total. The predicted molar refractivity (Wildman–Crippen MR) is 77.0 cm³/mol. The highest BCUT2D eigenvalue weighted by atomic mass is 16.6. The minimum atomic E-state index is -1.04. The number of amides is 1. The van der Waals surface area contributed by atoms with Crippen molar-refractivity contribution >= 4 is 23.3 Å². The van der Waals surface area contributed by atoms with Crippen LogP contribution >= 0.6 is 0 Å². The van der Waals surface area contributed by atoms with E-state index in [-0.39, 0.29) is 18.0 Å². The molecule has 0 atom stereocenters. The van der Waals surface area contributed by atoms with Crippen molar-refractivity contribution in [2.45, 2.75) is 33.2 Å². The van der Waals surface area contributed by atoms with Gasteiger partial charge in [-0.25, -0.2) is 4.79 Å². The molecule has 0 saturated carbocycles. The van der Waals surface area contributed by atoms with Crippen LogP contribution in [0.1, 0.15) is 27.7 Å². The lowest BCUT2D eigenvalue weighted by Crippen LogP contribution is -2.49. The van der Waals surface area contributed by atoms with E-state index in [0.29, 0.717) is 0 Å². The fourth-order valence-electron chi connectivity index (χ4n) is 1.87. The van der Waals surface area contributed by atoms with Crippen LogP contribution in [0, 0.1) is 10.1 Å². The predicted octanol–water partition coefficient (Wildman–Crippen LogP) is 2.29. The van der Waals surface area contributed by atoms with Crippen molar-refractivity contribution in [1.29, 1.82) is 0 Å². The van der Waals surface area contributed by atoms with Crippen LogP contribution in [0.2, 0.25) is 0 Å². The monoisotopic (exact) mass is 294 g/mol. The molecular formula is C14H18N2O5. The van der Waals surface area contributed by atoms with Crippen LogP contribution in [-0.2, 0) is 14.3 Å². The van der Waals surface area contributed by atoms with E-state index >= 15 is 0 Å². The van der Waals surface area contributed by atoms with Crippen molar-refractivity contribution in [3.63, 3.8) is 0 Å². The lowest BCUT2D eigenvalue weighted by atomic mass is 10.0. The van der Waals surface area contributed by atoms with Gasteiger partial charge in [-0.1, -0.05) is 12.1 Å². The second-order valence-electron chi connectivity index (χ2n) is 5.28. The number of benzene rings is 1. The number of hydrogen-bond donors (Lipinski definition) is 0. The first kappa shape index (κ1) is 16.6.